The van der Waals surface area contributed by atoms with E-state index in [1.54, 1.807) is 0 Å². The minimum absolute atomic E-state index is 0.0923. The van der Waals surface area contributed by atoms with Crippen molar-refractivity contribution in [1.82, 2.24) is 0 Å². The number of aliphatic hydroxyl groups excluding tert-OH is 1. The van der Waals surface area contributed by atoms with Gasteiger partial charge >= 0.3 is 0 Å². The van der Waals surface area contributed by atoms with Gasteiger partial charge in [-0.1, -0.05) is 17.7 Å². The average Bonchev–Trinajstić information content (AvgIpc) is 2.02. The molecule has 0 heterocycles. The van der Waals surface area contributed by atoms with Crippen LogP contribution in [0.1, 0.15) is 24.5 Å². The van der Waals surface area contributed by atoms with Gasteiger partial charge in [-0.05, 0) is 43.5 Å². The van der Waals surface area contributed by atoms with Crippen LogP contribution in [0.2, 0.25) is 5.02 Å². The van der Waals surface area contributed by atoms with Crippen molar-refractivity contribution in [1.29, 1.82) is 0 Å². The van der Waals surface area contributed by atoms with Crippen molar-refractivity contribution in [3.8, 4) is 0 Å². The van der Waals surface area contributed by atoms with E-state index in [2.05, 4.69) is 0 Å². The van der Waals surface area contributed by atoms with Gasteiger partial charge in [0.1, 0.15) is 0 Å². The molecule has 0 amide bonds. The molecule has 3 heteroatoms. The maximum absolute atomic E-state index is 8.90. The van der Waals surface area contributed by atoms with Gasteiger partial charge in [0, 0.05) is 17.2 Å². The third-order valence-corrected chi connectivity index (χ3v) is 2.67. The fourth-order valence-electron chi connectivity index (χ4n) is 1.63. The summed E-state index contributed by atoms with van der Waals surface area (Å²) in [6, 6.07) is 5.64. The van der Waals surface area contributed by atoms with Gasteiger partial charge in [-0.15, -0.1) is 0 Å². The number of halogens is 1. The molecular formula is C11H16ClNO. The van der Waals surface area contributed by atoms with E-state index in [1.165, 1.54) is 0 Å². The summed E-state index contributed by atoms with van der Waals surface area (Å²) in [5, 5.41) is 9.62. The molecule has 0 aromatic heterocycles. The van der Waals surface area contributed by atoms with E-state index in [0.29, 0.717) is 11.4 Å². The first kappa shape index (κ1) is 11.5. The van der Waals surface area contributed by atoms with Crippen LogP contribution >= 0.6 is 11.6 Å². The topological polar surface area (TPSA) is 46.2 Å². The first-order valence-corrected chi connectivity index (χ1v) is 5.01. The molecule has 0 radical (unpaired) electrons. The second-order valence-electron chi connectivity index (χ2n) is 3.85. The minimum atomic E-state index is -0.483. The van der Waals surface area contributed by atoms with Crippen LogP contribution in [0.5, 0.6) is 0 Å². The predicted octanol–water partition coefficient (Wildman–Crippen LogP) is 2.20. The normalized spacial score (nSPS) is 15.2. The third kappa shape index (κ3) is 2.47. The molecule has 78 valence electrons. The van der Waals surface area contributed by atoms with Gasteiger partial charge in [-0.25, -0.2) is 0 Å². The van der Waals surface area contributed by atoms with Crippen LogP contribution in [0.25, 0.3) is 0 Å². The second kappa shape index (κ2) is 4.30. The molecule has 3 N–H and O–H groups in total. The Morgan fingerprint density at radius 1 is 1.50 bits per heavy atom. The fraction of sp³-hybridized carbons (Fsp3) is 0.455. The van der Waals surface area contributed by atoms with Gasteiger partial charge in [0.2, 0.25) is 0 Å². The summed E-state index contributed by atoms with van der Waals surface area (Å²) in [5.41, 5.74) is 7.72. The van der Waals surface area contributed by atoms with Gasteiger partial charge in [0.25, 0.3) is 0 Å². The highest BCUT2D eigenvalue weighted by Gasteiger charge is 2.22. The molecule has 0 saturated carbocycles. The lowest BCUT2D eigenvalue weighted by molar-refractivity contribution is 0.247. The van der Waals surface area contributed by atoms with Crippen LogP contribution in [0.15, 0.2) is 18.2 Å². The molecule has 1 aromatic carbocycles. The van der Waals surface area contributed by atoms with Crippen LogP contribution in [0, 0.1) is 6.92 Å². The van der Waals surface area contributed by atoms with Crippen molar-refractivity contribution >= 4 is 11.6 Å². The van der Waals surface area contributed by atoms with Gasteiger partial charge in [-0.2, -0.15) is 0 Å². The van der Waals surface area contributed by atoms with E-state index >= 15 is 0 Å². The number of hydrogen-bond acceptors (Lipinski definition) is 2. The molecule has 2 nitrogen and oxygen atoms in total. The molecule has 1 rings (SSSR count). The number of aryl methyl sites for hydroxylation is 1. The Bertz CT molecular complexity index is 323. The van der Waals surface area contributed by atoms with Crippen LogP contribution in [-0.4, -0.2) is 11.7 Å². The van der Waals surface area contributed by atoms with Crippen LogP contribution < -0.4 is 5.73 Å². The van der Waals surface area contributed by atoms with E-state index < -0.39 is 5.54 Å². The lowest BCUT2D eigenvalue weighted by Gasteiger charge is -2.26. The van der Waals surface area contributed by atoms with E-state index in [1.807, 2.05) is 32.0 Å². The second-order valence-corrected chi connectivity index (χ2v) is 4.29. The lowest BCUT2D eigenvalue weighted by atomic mass is 9.87. The van der Waals surface area contributed by atoms with Gasteiger partial charge in [0.05, 0.1) is 0 Å². The van der Waals surface area contributed by atoms with Crippen molar-refractivity contribution in [3.63, 3.8) is 0 Å². The summed E-state index contributed by atoms with van der Waals surface area (Å²) in [5.74, 6) is 0. The maximum Gasteiger partial charge on any atom is 0.0451 e. The molecule has 0 spiro atoms. The fourth-order valence-corrected chi connectivity index (χ4v) is 1.86. The largest absolute Gasteiger partial charge is 0.396 e. The molecule has 0 unspecified atom stereocenters. The summed E-state index contributed by atoms with van der Waals surface area (Å²) < 4.78 is 0. The number of rotatable bonds is 3. The molecule has 0 fully saturated rings. The molecule has 0 aliphatic rings. The zero-order valence-electron chi connectivity index (χ0n) is 8.55. The molecule has 0 saturated heterocycles. The van der Waals surface area contributed by atoms with E-state index in [4.69, 9.17) is 22.4 Å². The van der Waals surface area contributed by atoms with Crippen molar-refractivity contribution in [2.24, 2.45) is 5.73 Å². The highest BCUT2D eigenvalue weighted by molar-refractivity contribution is 6.30. The number of nitrogens with two attached hydrogens (primary N) is 1. The summed E-state index contributed by atoms with van der Waals surface area (Å²) in [4.78, 5) is 0. The van der Waals surface area contributed by atoms with E-state index in [0.717, 1.165) is 11.1 Å². The van der Waals surface area contributed by atoms with Gasteiger partial charge < -0.3 is 10.8 Å². The zero-order chi connectivity index (χ0) is 10.8. The van der Waals surface area contributed by atoms with E-state index in [9.17, 15) is 0 Å². The minimum Gasteiger partial charge on any atom is -0.396 e. The highest BCUT2D eigenvalue weighted by atomic mass is 35.5. The first-order valence-electron chi connectivity index (χ1n) is 4.64. The van der Waals surface area contributed by atoms with Crippen LogP contribution in [0.4, 0.5) is 0 Å². The van der Waals surface area contributed by atoms with Gasteiger partial charge in [0.15, 0.2) is 0 Å². The Morgan fingerprint density at radius 2 is 2.14 bits per heavy atom. The van der Waals surface area contributed by atoms with Crippen molar-refractivity contribution < 1.29 is 5.11 Å². The van der Waals surface area contributed by atoms with E-state index in [-0.39, 0.29) is 6.61 Å². The molecule has 0 aliphatic carbocycles. The monoisotopic (exact) mass is 213 g/mol. The molecule has 0 bridgehead atoms. The quantitative estimate of drug-likeness (QED) is 0.809. The number of hydrogen-bond donors (Lipinski definition) is 2. The van der Waals surface area contributed by atoms with Crippen LogP contribution in [0.3, 0.4) is 0 Å². The molecule has 0 aliphatic heterocycles. The SMILES string of the molecule is Cc1cc(Cl)ccc1[C@](C)(N)CCO. The van der Waals surface area contributed by atoms with Crippen molar-refractivity contribution in [2.45, 2.75) is 25.8 Å². The Morgan fingerprint density at radius 3 is 2.64 bits per heavy atom. The van der Waals surface area contributed by atoms with Crippen LogP contribution in [-0.2, 0) is 5.54 Å². The summed E-state index contributed by atoms with van der Waals surface area (Å²) in [6.07, 6.45) is 0.551. The van der Waals surface area contributed by atoms with Crippen molar-refractivity contribution in [3.05, 3.63) is 34.3 Å². The summed E-state index contributed by atoms with van der Waals surface area (Å²) in [6.45, 7) is 3.98. The molecule has 1 atom stereocenters. The lowest BCUT2D eigenvalue weighted by Crippen LogP contribution is -2.34. The first-order chi connectivity index (χ1) is 6.47. The summed E-state index contributed by atoms with van der Waals surface area (Å²) in [7, 11) is 0. The smallest absolute Gasteiger partial charge is 0.0451 e. The molecule has 1 aromatic rings. The average molecular weight is 214 g/mol. The third-order valence-electron chi connectivity index (χ3n) is 2.43. The van der Waals surface area contributed by atoms with Crippen molar-refractivity contribution in [2.75, 3.05) is 6.61 Å². The Labute approximate surface area is 89.7 Å². The molecular weight excluding hydrogens is 198 g/mol. The maximum atomic E-state index is 8.90. The Hall–Kier alpha value is -0.570. The predicted molar refractivity (Wildman–Crippen MR) is 59.4 cm³/mol. The number of benzene rings is 1. The zero-order valence-corrected chi connectivity index (χ0v) is 9.30. The summed E-state index contributed by atoms with van der Waals surface area (Å²) >= 11 is 5.85. The number of aliphatic hydroxyl groups is 1. The molecule has 14 heavy (non-hydrogen) atoms. The standard InChI is InChI=1S/C11H16ClNO/c1-8-7-9(12)3-4-10(8)11(2,13)5-6-14/h3-4,7,14H,5-6,13H2,1-2H3/t11-/m1/s1. The Balaban J connectivity index is 3.06. The highest BCUT2D eigenvalue weighted by Crippen LogP contribution is 2.26. The van der Waals surface area contributed by atoms with Gasteiger partial charge in [-0.3, -0.25) is 0 Å². The Kier molecular flexibility index (Phi) is 3.53.